The molecule has 0 atom stereocenters. The summed E-state index contributed by atoms with van der Waals surface area (Å²) in [5, 5.41) is 14.8. The van der Waals surface area contributed by atoms with Crippen molar-refractivity contribution in [1.82, 2.24) is 9.55 Å². The van der Waals surface area contributed by atoms with Gasteiger partial charge >= 0.3 is 0 Å². The standard InChI is InChI=1S/C24H22N2O2S/c1-24(2,3)22-14-29-23(25-22)21-12-17-10-15(4-7-20(17)28-21)13-26-9-8-16-11-18(27)5-6-19(16)26/h4-12,14,27H,13H2,1-3H3. The van der Waals surface area contributed by atoms with Gasteiger partial charge in [-0.3, -0.25) is 0 Å². The Morgan fingerprint density at radius 3 is 2.69 bits per heavy atom. The summed E-state index contributed by atoms with van der Waals surface area (Å²) in [6.07, 6.45) is 2.05. The molecule has 3 aromatic heterocycles. The third kappa shape index (κ3) is 3.32. The molecule has 0 spiro atoms. The Morgan fingerprint density at radius 2 is 1.90 bits per heavy atom. The minimum Gasteiger partial charge on any atom is -0.508 e. The lowest BCUT2D eigenvalue weighted by Crippen LogP contribution is -2.11. The molecule has 5 aromatic rings. The van der Waals surface area contributed by atoms with Gasteiger partial charge in [0, 0.05) is 39.8 Å². The van der Waals surface area contributed by atoms with Crippen LogP contribution in [0.1, 0.15) is 32.0 Å². The number of aromatic nitrogens is 2. The quantitative estimate of drug-likeness (QED) is 0.372. The van der Waals surface area contributed by atoms with Crippen LogP contribution in [0.4, 0.5) is 0 Å². The van der Waals surface area contributed by atoms with Gasteiger partial charge in [-0.25, -0.2) is 4.98 Å². The zero-order chi connectivity index (χ0) is 20.2. The van der Waals surface area contributed by atoms with Crippen LogP contribution in [0.25, 0.3) is 32.6 Å². The normalized spacial score (nSPS) is 12.2. The van der Waals surface area contributed by atoms with Gasteiger partial charge in [-0.05, 0) is 48.0 Å². The Bertz CT molecular complexity index is 1330. The lowest BCUT2D eigenvalue weighted by Gasteiger charge is -2.13. The van der Waals surface area contributed by atoms with Crippen molar-refractivity contribution in [2.24, 2.45) is 0 Å². The lowest BCUT2D eigenvalue weighted by atomic mass is 9.93. The summed E-state index contributed by atoms with van der Waals surface area (Å²) in [4.78, 5) is 4.77. The maximum absolute atomic E-state index is 9.67. The van der Waals surface area contributed by atoms with Gasteiger partial charge < -0.3 is 14.1 Å². The highest BCUT2D eigenvalue weighted by Gasteiger charge is 2.19. The van der Waals surface area contributed by atoms with Crippen LogP contribution in [0.5, 0.6) is 5.75 Å². The third-order valence-corrected chi connectivity index (χ3v) is 6.03. The zero-order valence-corrected chi connectivity index (χ0v) is 17.5. The third-order valence-electron chi connectivity index (χ3n) is 5.17. The molecule has 0 saturated carbocycles. The fourth-order valence-corrected chi connectivity index (χ4v) is 4.55. The number of furan rings is 1. The predicted octanol–water partition coefficient (Wildman–Crippen LogP) is 6.56. The lowest BCUT2D eigenvalue weighted by molar-refractivity contribution is 0.476. The molecule has 146 valence electrons. The summed E-state index contributed by atoms with van der Waals surface area (Å²) in [6, 6.07) is 15.9. The van der Waals surface area contributed by atoms with E-state index in [-0.39, 0.29) is 5.41 Å². The molecule has 0 saturated heterocycles. The molecule has 3 heterocycles. The van der Waals surface area contributed by atoms with E-state index in [2.05, 4.69) is 55.1 Å². The van der Waals surface area contributed by atoms with Crippen LogP contribution in [0.3, 0.4) is 0 Å². The molecular weight excluding hydrogens is 380 g/mol. The Balaban J connectivity index is 1.47. The number of hydrogen-bond acceptors (Lipinski definition) is 4. The minimum absolute atomic E-state index is 0.0320. The molecule has 0 amide bonds. The van der Waals surface area contributed by atoms with Gasteiger partial charge in [0.1, 0.15) is 11.3 Å². The number of fused-ring (bicyclic) bond motifs is 2. The molecule has 29 heavy (non-hydrogen) atoms. The fraction of sp³-hybridized carbons (Fsp3) is 0.208. The van der Waals surface area contributed by atoms with Crippen molar-refractivity contribution in [1.29, 1.82) is 0 Å². The van der Waals surface area contributed by atoms with Crippen LogP contribution in [0.2, 0.25) is 0 Å². The number of benzene rings is 2. The van der Waals surface area contributed by atoms with E-state index in [1.807, 2.05) is 18.2 Å². The highest BCUT2D eigenvalue weighted by atomic mass is 32.1. The molecule has 0 unspecified atom stereocenters. The summed E-state index contributed by atoms with van der Waals surface area (Å²) in [5.74, 6) is 1.11. The Morgan fingerprint density at radius 1 is 1.03 bits per heavy atom. The maximum atomic E-state index is 9.67. The van der Waals surface area contributed by atoms with Crippen LogP contribution in [0.15, 0.2) is 64.5 Å². The Labute approximate surface area is 173 Å². The van der Waals surface area contributed by atoms with Crippen LogP contribution >= 0.6 is 11.3 Å². The van der Waals surface area contributed by atoms with E-state index in [0.717, 1.165) is 44.9 Å². The summed E-state index contributed by atoms with van der Waals surface area (Å²) in [7, 11) is 0. The summed E-state index contributed by atoms with van der Waals surface area (Å²) >= 11 is 1.63. The van der Waals surface area contributed by atoms with E-state index in [1.165, 1.54) is 5.56 Å². The van der Waals surface area contributed by atoms with Crippen molar-refractivity contribution in [3.63, 3.8) is 0 Å². The van der Waals surface area contributed by atoms with Crippen molar-refractivity contribution in [3.05, 3.63) is 71.4 Å². The van der Waals surface area contributed by atoms with Crippen molar-refractivity contribution < 1.29 is 9.52 Å². The number of phenolic OH excluding ortho intramolecular Hbond substituents is 1. The highest BCUT2D eigenvalue weighted by Crippen LogP contribution is 2.33. The number of aromatic hydroxyl groups is 1. The summed E-state index contributed by atoms with van der Waals surface area (Å²) < 4.78 is 8.25. The van der Waals surface area contributed by atoms with Crippen LogP contribution in [0, 0.1) is 0 Å². The first-order valence-corrected chi connectivity index (χ1v) is 10.5. The molecule has 5 rings (SSSR count). The van der Waals surface area contributed by atoms with Crippen molar-refractivity contribution in [3.8, 4) is 16.5 Å². The van der Waals surface area contributed by atoms with E-state index in [9.17, 15) is 5.11 Å². The second-order valence-electron chi connectivity index (χ2n) is 8.46. The average Bonchev–Trinajstić information content (AvgIpc) is 3.38. The Hall–Kier alpha value is -3.05. The molecule has 0 fully saturated rings. The van der Waals surface area contributed by atoms with Gasteiger partial charge in [0.05, 0.1) is 5.69 Å². The van der Waals surface area contributed by atoms with Gasteiger partial charge in [0.25, 0.3) is 0 Å². The largest absolute Gasteiger partial charge is 0.508 e. The topological polar surface area (TPSA) is 51.2 Å². The number of thiazole rings is 1. The predicted molar refractivity (Wildman–Crippen MR) is 119 cm³/mol. The number of phenols is 1. The first-order valence-electron chi connectivity index (χ1n) is 9.63. The highest BCUT2D eigenvalue weighted by molar-refractivity contribution is 7.13. The monoisotopic (exact) mass is 402 g/mol. The number of hydrogen-bond donors (Lipinski definition) is 1. The second-order valence-corrected chi connectivity index (χ2v) is 9.32. The number of nitrogens with zero attached hydrogens (tertiary/aromatic N) is 2. The van der Waals surface area contributed by atoms with E-state index in [1.54, 1.807) is 23.5 Å². The number of rotatable bonds is 3. The van der Waals surface area contributed by atoms with E-state index in [4.69, 9.17) is 9.40 Å². The van der Waals surface area contributed by atoms with Crippen molar-refractivity contribution >= 4 is 33.2 Å². The van der Waals surface area contributed by atoms with Gasteiger partial charge in [-0.1, -0.05) is 26.8 Å². The second kappa shape index (κ2) is 6.49. The summed E-state index contributed by atoms with van der Waals surface area (Å²) in [5.41, 5.74) is 4.30. The van der Waals surface area contributed by atoms with Crippen LogP contribution < -0.4 is 0 Å². The molecule has 0 radical (unpaired) electrons. The minimum atomic E-state index is 0.0320. The van der Waals surface area contributed by atoms with E-state index >= 15 is 0 Å². The molecule has 1 N–H and O–H groups in total. The molecule has 0 aliphatic rings. The van der Waals surface area contributed by atoms with Gasteiger partial charge in [-0.15, -0.1) is 11.3 Å². The van der Waals surface area contributed by atoms with E-state index in [0.29, 0.717) is 5.75 Å². The van der Waals surface area contributed by atoms with E-state index < -0.39 is 0 Å². The molecule has 0 bridgehead atoms. The van der Waals surface area contributed by atoms with Gasteiger partial charge in [0.2, 0.25) is 0 Å². The van der Waals surface area contributed by atoms with Gasteiger partial charge in [-0.2, -0.15) is 0 Å². The van der Waals surface area contributed by atoms with Crippen LogP contribution in [-0.4, -0.2) is 14.7 Å². The first kappa shape index (κ1) is 18.0. The summed E-state index contributed by atoms with van der Waals surface area (Å²) in [6.45, 7) is 7.27. The molecule has 0 aliphatic carbocycles. The maximum Gasteiger partial charge on any atom is 0.164 e. The van der Waals surface area contributed by atoms with Crippen LogP contribution in [-0.2, 0) is 12.0 Å². The molecule has 5 heteroatoms. The molecule has 2 aromatic carbocycles. The fourth-order valence-electron chi connectivity index (χ4n) is 3.55. The zero-order valence-electron chi connectivity index (χ0n) is 16.6. The SMILES string of the molecule is CC(C)(C)c1csc(-c2cc3cc(Cn4ccc5cc(O)ccc54)ccc3o2)n1. The van der Waals surface area contributed by atoms with Gasteiger partial charge in [0.15, 0.2) is 10.8 Å². The molecule has 4 nitrogen and oxygen atoms in total. The van der Waals surface area contributed by atoms with Crippen molar-refractivity contribution in [2.45, 2.75) is 32.7 Å². The molecular formula is C24H22N2O2S. The average molecular weight is 403 g/mol. The molecule has 0 aliphatic heterocycles. The smallest absolute Gasteiger partial charge is 0.164 e. The van der Waals surface area contributed by atoms with Crippen molar-refractivity contribution in [2.75, 3.05) is 0 Å². The first-order chi connectivity index (χ1) is 13.9. The Kier molecular flexibility index (Phi) is 4.03.